The minimum absolute atomic E-state index is 0.311. The molecule has 0 radical (unpaired) electrons. The highest BCUT2D eigenvalue weighted by molar-refractivity contribution is 5.59. The number of halogens is 1. The fourth-order valence-corrected chi connectivity index (χ4v) is 4.55. The molecule has 3 fully saturated rings. The van der Waals surface area contributed by atoms with Crippen LogP contribution in [-0.4, -0.2) is 88.6 Å². The average molecular weight is 442 g/mol. The van der Waals surface area contributed by atoms with Gasteiger partial charge in [-0.05, 0) is 19.1 Å². The smallest absolute Gasteiger partial charge is 0.229 e. The zero-order valence-electron chi connectivity index (χ0n) is 18.8. The van der Waals surface area contributed by atoms with E-state index in [9.17, 15) is 0 Å². The van der Waals surface area contributed by atoms with Crippen LogP contribution in [0.2, 0.25) is 0 Å². The first-order valence-electron chi connectivity index (χ1n) is 11.6. The number of nitrogens with one attached hydrogen (secondary N) is 1. The van der Waals surface area contributed by atoms with Gasteiger partial charge in [0.05, 0.1) is 13.2 Å². The van der Waals surface area contributed by atoms with E-state index >= 15 is 4.39 Å². The minimum atomic E-state index is -0.311. The van der Waals surface area contributed by atoms with Crippen molar-refractivity contribution in [3.05, 3.63) is 35.6 Å². The molecule has 1 aromatic carbocycles. The summed E-state index contributed by atoms with van der Waals surface area (Å²) in [6, 6.07) is 8.60. The Morgan fingerprint density at radius 3 is 1.94 bits per heavy atom. The lowest BCUT2D eigenvalue weighted by atomic mass is 10.2. The number of hydrogen-bond donors (Lipinski definition) is 1. The number of benzene rings is 1. The van der Waals surface area contributed by atoms with Gasteiger partial charge >= 0.3 is 0 Å². The summed E-state index contributed by atoms with van der Waals surface area (Å²) in [5.41, 5.74) is 2.47. The summed E-state index contributed by atoms with van der Waals surface area (Å²) >= 11 is 0. The summed E-state index contributed by atoms with van der Waals surface area (Å²) in [5.74, 6) is 1.16. The Morgan fingerprint density at radius 2 is 1.31 bits per heavy atom. The van der Waals surface area contributed by atoms with Crippen LogP contribution in [0.25, 0.3) is 0 Å². The number of aromatic nitrogens is 2. The zero-order valence-corrected chi connectivity index (χ0v) is 18.8. The lowest BCUT2D eigenvalue weighted by Crippen LogP contribution is -2.48. The maximum absolute atomic E-state index is 15.8. The molecular formula is C23H32FN7O. The summed E-state index contributed by atoms with van der Waals surface area (Å²) in [4.78, 5) is 18.0. The van der Waals surface area contributed by atoms with Crippen LogP contribution in [-0.2, 0) is 4.74 Å². The normalized spacial score (nSPS) is 20.1. The van der Waals surface area contributed by atoms with Gasteiger partial charge in [0, 0.05) is 71.1 Å². The Kier molecular flexibility index (Phi) is 6.27. The first-order chi connectivity index (χ1) is 15.7. The van der Waals surface area contributed by atoms with E-state index in [0.717, 1.165) is 52.4 Å². The molecule has 1 N–H and O–H groups in total. The molecule has 8 nitrogen and oxygen atoms in total. The molecule has 4 heterocycles. The van der Waals surface area contributed by atoms with Crippen molar-refractivity contribution < 1.29 is 9.13 Å². The average Bonchev–Trinajstić information content (AvgIpc) is 2.86. The van der Waals surface area contributed by atoms with E-state index in [1.165, 1.54) is 11.3 Å². The minimum Gasteiger partial charge on any atom is -0.378 e. The lowest BCUT2D eigenvalue weighted by molar-refractivity contribution is 0.122. The van der Waals surface area contributed by atoms with Crippen molar-refractivity contribution in [2.24, 2.45) is 0 Å². The van der Waals surface area contributed by atoms with Gasteiger partial charge in [-0.3, -0.25) is 0 Å². The van der Waals surface area contributed by atoms with E-state index in [4.69, 9.17) is 14.7 Å². The molecular weight excluding hydrogens is 409 g/mol. The predicted molar refractivity (Wildman–Crippen MR) is 126 cm³/mol. The Morgan fingerprint density at radius 1 is 0.750 bits per heavy atom. The van der Waals surface area contributed by atoms with Crippen molar-refractivity contribution >= 4 is 23.3 Å². The molecule has 0 bridgehead atoms. The number of nitrogens with zero attached hydrogens (tertiary/aromatic N) is 6. The molecule has 0 atom stereocenters. The van der Waals surface area contributed by atoms with Gasteiger partial charge in [0.2, 0.25) is 11.8 Å². The second-order valence-corrected chi connectivity index (χ2v) is 8.63. The highest BCUT2D eigenvalue weighted by Crippen LogP contribution is 2.30. The van der Waals surface area contributed by atoms with Gasteiger partial charge in [0.25, 0.3) is 0 Å². The van der Waals surface area contributed by atoms with Gasteiger partial charge in [0.1, 0.15) is 0 Å². The zero-order chi connectivity index (χ0) is 21.9. The Labute approximate surface area is 189 Å². The van der Waals surface area contributed by atoms with E-state index in [1.54, 1.807) is 0 Å². The fraction of sp³-hybridized carbons (Fsp3) is 0.565. The van der Waals surface area contributed by atoms with Crippen LogP contribution in [0, 0.1) is 12.7 Å². The molecule has 3 aliphatic rings. The second kappa shape index (κ2) is 9.46. The van der Waals surface area contributed by atoms with E-state index < -0.39 is 0 Å². The third kappa shape index (κ3) is 4.45. The third-order valence-corrected chi connectivity index (χ3v) is 6.49. The molecule has 2 aromatic rings. The van der Waals surface area contributed by atoms with Crippen LogP contribution in [0.1, 0.15) is 5.56 Å². The van der Waals surface area contributed by atoms with E-state index in [1.807, 2.05) is 4.90 Å². The van der Waals surface area contributed by atoms with Gasteiger partial charge in [-0.15, -0.1) is 0 Å². The number of hydrogen-bond acceptors (Lipinski definition) is 8. The number of aryl methyl sites for hydroxylation is 1. The summed E-state index contributed by atoms with van der Waals surface area (Å²) in [5, 5.41) is 3.36. The summed E-state index contributed by atoms with van der Waals surface area (Å²) in [6.45, 7) is 11.1. The van der Waals surface area contributed by atoms with Crippen molar-refractivity contribution in [3.8, 4) is 0 Å². The first-order valence-corrected chi connectivity index (χ1v) is 11.6. The maximum Gasteiger partial charge on any atom is 0.229 e. The molecule has 172 valence electrons. The standard InChI is InChI=1S/C23H32FN7O/c1-18-2-4-19(5-3-18)28-10-12-29(13-11-28)21-20(24)22(30-14-16-32-17-15-30)27-23(26-21)31-8-6-25-7-9-31/h2-5,25H,6-17H2,1H3. The van der Waals surface area contributed by atoms with Gasteiger partial charge < -0.3 is 29.7 Å². The van der Waals surface area contributed by atoms with E-state index in [0.29, 0.717) is 43.9 Å². The summed E-state index contributed by atoms with van der Waals surface area (Å²) in [6.07, 6.45) is 0. The number of anilines is 4. The maximum atomic E-state index is 15.8. The van der Waals surface area contributed by atoms with Crippen LogP contribution in [0.4, 0.5) is 27.7 Å². The van der Waals surface area contributed by atoms with Crippen molar-refractivity contribution in [1.29, 1.82) is 0 Å². The lowest BCUT2D eigenvalue weighted by Gasteiger charge is -2.38. The van der Waals surface area contributed by atoms with Crippen molar-refractivity contribution in [2.45, 2.75) is 6.92 Å². The molecule has 1 aromatic heterocycles. The number of morpholine rings is 1. The predicted octanol–water partition coefficient (Wildman–Crippen LogP) is 1.50. The van der Waals surface area contributed by atoms with Crippen molar-refractivity contribution in [2.75, 3.05) is 98.3 Å². The Bertz CT molecular complexity index is 905. The molecule has 0 unspecified atom stereocenters. The highest BCUT2D eigenvalue weighted by Gasteiger charge is 2.28. The van der Waals surface area contributed by atoms with Crippen LogP contribution < -0.4 is 24.9 Å². The molecule has 0 saturated carbocycles. The first kappa shape index (κ1) is 21.2. The SMILES string of the molecule is Cc1ccc(N2CCN(c3nc(N4CCNCC4)nc(N4CCOCC4)c3F)CC2)cc1. The fourth-order valence-electron chi connectivity index (χ4n) is 4.55. The summed E-state index contributed by atoms with van der Waals surface area (Å²) < 4.78 is 21.2. The van der Waals surface area contributed by atoms with Crippen LogP contribution >= 0.6 is 0 Å². The molecule has 9 heteroatoms. The topological polar surface area (TPSA) is 60.0 Å². The number of ether oxygens (including phenoxy) is 1. The largest absolute Gasteiger partial charge is 0.378 e. The molecule has 5 rings (SSSR count). The molecule has 0 aliphatic carbocycles. The third-order valence-electron chi connectivity index (χ3n) is 6.49. The Balaban J connectivity index is 1.40. The van der Waals surface area contributed by atoms with Crippen LogP contribution in [0.5, 0.6) is 0 Å². The molecule has 0 amide bonds. The molecule has 3 saturated heterocycles. The van der Waals surface area contributed by atoms with Crippen LogP contribution in [0.15, 0.2) is 24.3 Å². The van der Waals surface area contributed by atoms with Gasteiger partial charge in [-0.1, -0.05) is 17.7 Å². The molecule has 32 heavy (non-hydrogen) atoms. The number of rotatable bonds is 4. The molecule has 3 aliphatic heterocycles. The number of piperazine rings is 2. The van der Waals surface area contributed by atoms with Gasteiger partial charge in [-0.2, -0.15) is 14.4 Å². The molecule has 0 spiro atoms. The van der Waals surface area contributed by atoms with Crippen molar-refractivity contribution in [1.82, 2.24) is 15.3 Å². The van der Waals surface area contributed by atoms with Crippen LogP contribution in [0.3, 0.4) is 0 Å². The van der Waals surface area contributed by atoms with E-state index in [2.05, 4.69) is 51.2 Å². The van der Waals surface area contributed by atoms with Crippen molar-refractivity contribution in [3.63, 3.8) is 0 Å². The monoisotopic (exact) mass is 441 g/mol. The summed E-state index contributed by atoms with van der Waals surface area (Å²) in [7, 11) is 0. The quantitative estimate of drug-likeness (QED) is 0.766. The highest BCUT2D eigenvalue weighted by atomic mass is 19.1. The second-order valence-electron chi connectivity index (χ2n) is 8.63. The van der Waals surface area contributed by atoms with Gasteiger partial charge in [-0.25, -0.2) is 0 Å². The Hall–Kier alpha value is -2.65. The van der Waals surface area contributed by atoms with Gasteiger partial charge in [0.15, 0.2) is 11.6 Å². The van der Waals surface area contributed by atoms with E-state index in [-0.39, 0.29) is 5.82 Å².